The predicted octanol–water partition coefficient (Wildman–Crippen LogP) is 7.15. The lowest BCUT2D eigenvalue weighted by Crippen LogP contribution is -2.04. The molecule has 0 unspecified atom stereocenters. The highest BCUT2D eigenvalue weighted by molar-refractivity contribution is 6.35. The zero-order valence-electron chi connectivity index (χ0n) is 16.5. The Kier molecular flexibility index (Phi) is 6.91. The number of halogens is 4. The summed E-state index contributed by atoms with van der Waals surface area (Å²) in [5, 5.41) is 1.15. The number of benzene rings is 2. The van der Waals surface area contributed by atoms with Gasteiger partial charge in [-0.2, -0.15) is 0 Å². The van der Waals surface area contributed by atoms with E-state index < -0.39 is 0 Å². The van der Waals surface area contributed by atoms with Gasteiger partial charge in [0.15, 0.2) is 0 Å². The number of aryl methyl sites for hydroxylation is 1. The van der Waals surface area contributed by atoms with Crippen LogP contribution in [0.1, 0.15) is 22.4 Å². The van der Waals surface area contributed by atoms with Gasteiger partial charge in [0.05, 0.1) is 5.52 Å². The van der Waals surface area contributed by atoms with Gasteiger partial charge in [0, 0.05) is 40.1 Å². The van der Waals surface area contributed by atoms with Crippen LogP contribution < -0.4 is 4.74 Å². The van der Waals surface area contributed by atoms with E-state index in [0.717, 1.165) is 39.2 Å². The molecule has 0 radical (unpaired) electrons. The third-order valence-corrected chi connectivity index (χ3v) is 5.70. The zero-order valence-corrected chi connectivity index (χ0v) is 18.8. The molecular weight excluding hydrogens is 446 g/mol. The quantitative estimate of drug-likeness (QED) is 0.313. The molecule has 30 heavy (non-hydrogen) atoms. The number of hydrogen-bond donors (Lipinski definition) is 0. The van der Waals surface area contributed by atoms with Crippen LogP contribution in [0.3, 0.4) is 0 Å². The minimum Gasteiger partial charge on any atom is -0.487 e. The first-order valence-corrected chi connectivity index (χ1v) is 9.95. The van der Waals surface area contributed by atoms with Gasteiger partial charge < -0.3 is 9.30 Å². The fourth-order valence-corrected chi connectivity index (χ4v) is 3.86. The maximum absolute atomic E-state index is 13.3. The summed E-state index contributed by atoms with van der Waals surface area (Å²) in [7, 11) is 0. The molecule has 3 nitrogen and oxygen atoms in total. The molecule has 4 rings (SSSR count). The highest BCUT2D eigenvalue weighted by Gasteiger charge is 2.17. The largest absolute Gasteiger partial charge is 0.487 e. The highest BCUT2D eigenvalue weighted by atomic mass is 35.5. The molecule has 0 atom stereocenters. The van der Waals surface area contributed by atoms with Crippen molar-refractivity contribution in [2.24, 2.45) is 0 Å². The standard InChI is InChI=1S/C23H19Cl2FN2O.ClH/c1-14-15(2)28(12-16-3-7-19(26)8-4-16)23-21(9-10-27-22(14)23)29-13-17-5-6-18(24)11-20(17)25;/h3-11H,12-13H2,1-2H3;1H. The molecule has 0 bridgehead atoms. The summed E-state index contributed by atoms with van der Waals surface area (Å²) in [6.07, 6.45) is 1.75. The fourth-order valence-electron chi connectivity index (χ4n) is 3.39. The van der Waals surface area contributed by atoms with Crippen LogP contribution in [0.2, 0.25) is 10.0 Å². The average Bonchev–Trinajstić information content (AvgIpc) is 2.94. The first kappa shape index (κ1) is 22.4. The van der Waals surface area contributed by atoms with Crippen LogP contribution in [0.5, 0.6) is 5.75 Å². The summed E-state index contributed by atoms with van der Waals surface area (Å²) in [5.74, 6) is 0.476. The van der Waals surface area contributed by atoms with Crippen molar-refractivity contribution in [3.05, 3.63) is 93.0 Å². The molecule has 2 aromatic heterocycles. The lowest BCUT2D eigenvalue weighted by atomic mass is 10.2. The van der Waals surface area contributed by atoms with Crippen LogP contribution in [0.15, 0.2) is 54.7 Å². The molecule has 7 heteroatoms. The van der Waals surface area contributed by atoms with Crippen molar-refractivity contribution in [2.75, 3.05) is 0 Å². The lowest BCUT2D eigenvalue weighted by Gasteiger charge is -2.13. The molecule has 156 valence electrons. The maximum Gasteiger partial charge on any atom is 0.147 e. The Morgan fingerprint density at radius 1 is 1.03 bits per heavy atom. The number of nitrogens with zero attached hydrogens (tertiary/aromatic N) is 2. The normalized spacial score (nSPS) is 10.8. The average molecular weight is 466 g/mol. The van der Waals surface area contributed by atoms with Gasteiger partial charge in [-0.05, 0) is 49.2 Å². The summed E-state index contributed by atoms with van der Waals surface area (Å²) >= 11 is 12.3. The topological polar surface area (TPSA) is 27.1 Å². The van der Waals surface area contributed by atoms with Gasteiger partial charge >= 0.3 is 0 Å². The van der Waals surface area contributed by atoms with Gasteiger partial charge in [-0.1, -0.05) is 41.4 Å². The third-order valence-electron chi connectivity index (χ3n) is 5.11. The van der Waals surface area contributed by atoms with E-state index in [4.69, 9.17) is 27.9 Å². The number of rotatable bonds is 5. The second-order valence-electron chi connectivity index (χ2n) is 6.95. The SMILES string of the molecule is Cc1c(C)n(Cc2ccc(F)cc2)c2c(OCc3ccc(Cl)cc3Cl)ccnc12.Cl. The van der Waals surface area contributed by atoms with E-state index >= 15 is 0 Å². The van der Waals surface area contributed by atoms with E-state index in [2.05, 4.69) is 16.5 Å². The molecule has 2 heterocycles. The van der Waals surface area contributed by atoms with Gasteiger partial charge in [0.1, 0.15) is 23.7 Å². The van der Waals surface area contributed by atoms with Gasteiger partial charge in [0.25, 0.3) is 0 Å². The van der Waals surface area contributed by atoms with Crippen molar-refractivity contribution in [3.8, 4) is 5.75 Å². The maximum atomic E-state index is 13.3. The van der Waals surface area contributed by atoms with Crippen LogP contribution in [0, 0.1) is 19.7 Å². The van der Waals surface area contributed by atoms with E-state index in [1.54, 1.807) is 30.5 Å². The predicted molar refractivity (Wildman–Crippen MR) is 123 cm³/mol. The van der Waals surface area contributed by atoms with Crippen LogP contribution >= 0.6 is 35.6 Å². The van der Waals surface area contributed by atoms with Gasteiger partial charge in [-0.15, -0.1) is 12.4 Å². The number of hydrogen-bond acceptors (Lipinski definition) is 2. The first-order valence-electron chi connectivity index (χ1n) is 9.19. The molecule has 4 aromatic rings. The molecule has 0 saturated heterocycles. The van der Waals surface area contributed by atoms with Crippen LogP contribution in [-0.4, -0.2) is 9.55 Å². The minimum absolute atomic E-state index is 0. The Morgan fingerprint density at radius 3 is 2.47 bits per heavy atom. The van der Waals surface area contributed by atoms with Crippen LogP contribution in [-0.2, 0) is 13.2 Å². The van der Waals surface area contributed by atoms with E-state index in [1.807, 2.05) is 19.1 Å². The van der Waals surface area contributed by atoms with Crippen LogP contribution in [0.25, 0.3) is 11.0 Å². The fraction of sp³-hybridized carbons (Fsp3) is 0.174. The molecule has 0 N–H and O–H groups in total. The van der Waals surface area contributed by atoms with Crippen LogP contribution in [0.4, 0.5) is 4.39 Å². The molecular formula is C23H20Cl3FN2O. The number of ether oxygens (including phenoxy) is 1. The third kappa shape index (κ3) is 4.41. The molecule has 0 saturated carbocycles. The number of aromatic nitrogens is 2. The first-order chi connectivity index (χ1) is 13.9. The number of fused-ring (bicyclic) bond motifs is 1. The highest BCUT2D eigenvalue weighted by Crippen LogP contribution is 2.32. The Balaban J connectivity index is 0.00000256. The van der Waals surface area contributed by atoms with E-state index in [1.165, 1.54) is 12.1 Å². The molecule has 0 aliphatic carbocycles. The van der Waals surface area contributed by atoms with Crippen molar-refractivity contribution in [1.29, 1.82) is 0 Å². The smallest absolute Gasteiger partial charge is 0.147 e. The summed E-state index contributed by atoms with van der Waals surface area (Å²) in [4.78, 5) is 4.56. The molecule has 0 fully saturated rings. The van der Waals surface area contributed by atoms with Crippen molar-refractivity contribution < 1.29 is 9.13 Å². The Bertz CT molecular complexity index is 1190. The summed E-state index contributed by atoms with van der Waals surface area (Å²) in [6.45, 7) is 5.02. The molecule has 0 amide bonds. The summed E-state index contributed by atoms with van der Waals surface area (Å²) in [6, 6.07) is 13.7. The van der Waals surface area contributed by atoms with Gasteiger partial charge in [-0.25, -0.2) is 4.39 Å². The minimum atomic E-state index is -0.246. The second kappa shape index (κ2) is 9.25. The molecule has 0 aliphatic heterocycles. The van der Waals surface area contributed by atoms with Crippen molar-refractivity contribution in [3.63, 3.8) is 0 Å². The number of pyridine rings is 1. The van der Waals surface area contributed by atoms with E-state index in [9.17, 15) is 4.39 Å². The summed E-state index contributed by atoms with van der Waals surface area (Å²) in [5.41, 5.74) is 5.85. The van der Waals surface area contributed by atoms with Crippen molar-refractivity contribution in [1.82, 2.24) is 9.55 Å². The van der Waals surface area contributed by atoms with Gasteiger partial charge in [-0.3, -0.25) is 4.98 Å². The summed E-state index contributed by atoms with van der Waals surface area (Å²) < 4.78 is 21.6. The van der Waals surface area contributed by atoms with E-state index in [-0.39, 0.29) is 18.2 Å². The van der Waals surface area contributed by atoms with Gasteiger partial charge in [0.2, 0.25) is 0 Å². The van der Waals surface area contributed by atoms with Crippen molar-refractivity contribution in [2.45, 2.75) is 27.0 Å². The van der Waals surface area contributed by atoms with Crippen molar-refractivity contribution >= 4 is 46.6 Å². The monoisotopic (exact) mass is 464 g/mol. The Morgan fingerprint density at radius 2 is 1.77 bits per heavy atom. The Hall–Kier alpha value is -2.27. The zero-order chi connectivity index (χ0) is 20.5. The lowest BCUT2D eigenvalue weighted by molar-refractivity contribution is 0.308. The Labute approximate surface area is 190 Å². The molecule has 0 aliphatic rings. The van der Waals surface area contributed by atoms with E-state index in [0.29, 0.717) is 23.2 Å². The molecule has 2 aromatic carbocycles. The molecule has 0 spiro atoms. The second-order valence-corrected chi connectivity index (χ2v) is 7.80.